The molecular weight excluding hydrogens is 238 g/mol. The molecule has 0 radical (unpaired) electrons. The van der Waals surface area contributed by atoms with Crippen molar-refractivity contribution in [1.29, 1.82) is 0 Å². The lowest BCUT2D eigenvalue weighted by Crippen LogP contribution is -2.39. The van der Waals surface area contributed by atoms with Crippen LogP contribution in [0.2, 0.25) is 0 Å². The fraction of sp³-hybridized carbons (Fsp3) is 0.600. The van der Waals surface area contributed by atoms with Gasteiger partial charge in [0.15, 0.2) is 5.78 Å². The average Bonchev–Trinajstić information content (AvgIpc) is 2.86. The van der Waals surface area contributed by atoms with Gasteiger partial charge >= 0.3 is 0 Å². The van der Waals surface area contributed by atoms with E-state index in [1.807, 2.05) is 6.07 Å². The minimum Gasteiger partial charge on any atom is -0.358 e. The number of ketones is 1. The molecule has 1 atom stereocenters. The van der Waals surface area contributed by atoms with Gasteiger partial charge in [0.2, 0.25) is 0 Å². The minimum atomic E-state index is 0.0908. The molecule has 0 amide bonds. The maximum atomic E-state index is 11.4. The van der Waals surface area contributed by atoms with Crippen molar-refractivity contribution in [3.05, 3.63) is 23.9 Å². The van der Waals surface area contributed by atoms with Crippen LogP contribution in [0.25, 0.3) is 0 Å². The Balaban J connectivity index is 2.05. The van der Waals surface area contributed by atoms with Crippen molar-refractivity contribution in [2.45, 2.75) is 32.7 Å². The lowest BCUT2D eigenvalue weighted by Gasteiger charge is -2.28. The van der Waals surface area contributed by atoms with Gasteiger partial charge in [0.05, 0.1) is 0 Å². The first-order valence-electron chi connectivity index (χ1n) is 7.04. The molecular formula is C15H23N3O. The second-order valence-corrected chi connectivity index (χ2v) is 5.26. The molecule has 0 N–H and O–H groups in total. The van der Waals surface area contributed by atoms with E-state index >= 15 is 0 Å². The summed E-state index contributed by atoms with van der Waals surface area (Å²) in [6.07, 6.45) is 4.26. The number of carbonyl (C=O) groups is 1. The van der Waals surface area contributed by atoms with E-state index in [0.29, 0.717) is 6.04 Å². The zero-order valence-electron chi connectivity index (χ0n) is 12.1. The third-order valence-electron chi connectivity index (χ3n) is 3.93. The van der Waals surface area contributed by atoms with Crippen LogP contribution in [0, 0.1) is 0 Å². The summed E-state index contributed by atoms with van der Waals surface area (Å²) in [7, 11) is 2.05. The summed E-state index contributed by atoms with van der Waals surface area (Å²) >= 11 is 0. The normalized spacial score (nSPS) is 19.6. The summed E-state index contributed by atoms with van der Waals surface area (Å²) in [5.41, 5.74) is 0.732. The predicted molar refractivity (Wildman–Crippen MR) is 77.8 cm³/mol. The topological polar surface area (TPSA) is 36.4 Å². The van der Waals surface area contributed by atoms with E-state index in [-0.39, 0.29) is 5.78 Å². The quantitative estimate of drug-likeness (QED) is 0.761. The molecule has 1 unspecified atom stereocenters. The molecule has 2 heterocycles. The number of hydrogen-bond donors (Lipinski definition) is 0. The fourth-order valence-electron chi connectivity index (χ4n) is 2.77. The molecule has 1 aliphatic rings. The molecule has 1 saturated heterocycles. The van der Waals surface area contributed by atoms with Gasteiger partial charge in [-0.25, -0.2) is 4.98 Å². The Morgan fingerprint density at radius 3 is 3.05 bits per heavy atom. The number of carbonyl (C=O) groups excluding carboxylic acids is 1. The van der Waals surface area contributed by atoms with Gasteiger partial charge in [-0.1, -0.05) is 6.92 Å². The highest BCUT2D eigenvalue weighted by Crippen LogP contribution is 2.20. The Labute approximate surface area is 115 Å². The first-order chi connectivity index (χ1) is 9.11. The molecule has 0 saturated carbocycles. The number of hydrogen-bond acceptors (Lipinski definition) is 4. The number of Topliss-reactive ketones (excluding diaryl/α,β-unsaturated/α-hetero) is 1. The fourth-order valence-corrected chi connectivity index (χ4v) is 2.77. The van der Waals surface area contributed by atoms with E-state index in [0.717, 1.165) is 24.5 Å². The van der Waals surface area contributed by atoms with Crippen molar-refractivity contribution < 1.29 is 4.79 Å². The number of nitrogens with zero attached hydrogens (tertiary/aromatic N) is 3. The maximum Gasteiger partial charge on any atom is 0.159 e. The zero-order chi connectivity index (χ0) is 13.8. The summed E-state index contributed by atoms with van der Waals surface area (Å²) in [4.78, 5) is 20.5. The van der Waals surface area contributed by atoms with E-state index in [9.17, 15) is 4.79 Å². The van der Waals surface area contributed by atoms with Crippen LogP contribution in [0.4, 0.5) is 5.82 Å². The van der Waals surface area contributed by atoms with Gasteiger partial charge in [-0.05, 0) is 45.0 Å². The molecule has 2 rings (SSSR count). The molecule has 0 aromatic carbocycles. The van der Waals surface area contributed by atoms with E-state index < -0.39 is 0 Å². The monoisotopic (exact) mass is 261 g/mol. The van der Waals surface area contributed by atoms with E-state index in [1.54, 1.807) is 19.2 Å². The Hall–Kier alpha value is -1.42. The molecule has 1 fully saturated rings. The molecule has 0 bridgehead atoms. The molecule has 0 spiro atoms. The van der Waals surface area contributed by atoms with Crippen molar-refractivity contribution >= 4 is 11.6 Å². The Morgan fingerprint density at radius 2 is 2.37 bits per heavy atom. The zero-order valence-corrected chi connectivity index (χ0v) is 12.1. The second-order valence-electron chi connectivity index (χ2n) is 5.26. The van der Waals surface area contributed by atoms with Gasteiger partial charge < -0.3 is 4.90 Å². The Bertz CT molecular complexity index is 447. The third-order valence-corrected chi connectivity index (χ3v) is 3.93. The molecule has 4 nitrogen and oxygen atoms in total. The van der Waals surface area contributed by atoms with Crippen molar-refractivity contribution in [2.75, 3.05) is 31.6 Å². The Morgan fingerprint density at radius 1 is 1.58 bits per heavy atom. The molecule has 1 aromatic rings. The molecule has 104 valence electrons. The molecule has 0 aliphatic carbocycles. The Kier molecular flexibility index (Phi) is 4.53. The van der Waals surface area contributed by atoms with Crippen LogP contribution >= 0.6 is 0 Å². The summed E-state index contributed by atoms with van der Waals surface area (Å²) in [5, 5.41) is 0. The number of aromatic nitrogens is 1. The van der Waals surface area contributed by atoms with Gasteiger partial charge in [-0.2, -0.15) is 0 Å². The largest absolute Gasteiger partial charge is 0.358 e. The smallest absolute Gasteiger partial charge is 0.159 e. The first kappa shape index (κ1) is 14.0. The number of likely N-dealkylation sites (tertiary alicyclic amines) is 1. The maximum absolute atomic E-state index is 11.4. The van der Waals surface area contributed by atoms with Crippen LogP contribution in [-0.2, 0) is 0 Å². The molecule has 1 aromatic heterocycles. The molecule has 19 heavy (non-hydrogen) atoms. The SMILES string of the molecule is CCN1CCCC1CN(C)c1cc(C(C)=O)ccn1. The van der Waals surface area contributed by atoms with Gasteiger partial charge in [0.25, 0.3) is 0 Å². The van der Waals surface area contributed by atoms with Gasteiger partial charge in [0.1, 0.15) is 5.82 Å². The average molecular weight is 261 g/mol. The first-order valence-corrected chi connectivity index (χ1v) is 7.04. The minimum absolute atomic E-state index is 0.0908. The molecule has 4 heteroatoms. The van der Waals surface area contributed by atoms with Crippen LogP contribution in [0.3, 0.4) is 0 Å². The van der Waals surface area contributed by atoms with Gasteiger partial charge in [-0.3, -0.25) is 9.69 Å². The lowest BCUT2D eigenvalue weighted by atomic mass is 10.2. The lowest BCUT2D eigenvalue weighted by molar-refractivity contribution is 0.101. The summed E-state index contributed by atoms with van der Waals surface area (Å²) in [6, 6.07) is 4.26. The van der Waals surface area contributed by atoms with E-state index in [1.165, 1.54) is 19.4 Å². The highest BCUT2D eigenvalue weighted by atomic mass is 16.1. The van der Waals surface area contributed by atoms with Crippen molar-refractivity contribution in [3.63, 3.8) is 0 Å². The van der Waals surface area contributed by atoms with Crippen LogP contribution in [0.1, 0.15) is 37.0 Å². The second kappa shape index (κ2) is 6.15. The number of likely N-dealkylation sites (N-methyl/N-ethyl adjacent to an activating group) is 2. The van der Waals surface area contributed by atoms with Crippen LogP contribution in [0.5, 0.6) is 0 Å². The summed E-state index contributed by atoms with van der Waals surface area (Å²) in [6.45, 7) is 7.10. The van der Waals surface area contributed by atoms with Crippen LogP contribution < -0.4 is 4.90 Å². The van der Waals surface area contributed by atoms with Crippen LogP contribution in [-0.4, -0.2) is 48.4 Å². The van der Waals surface area contributed by atoms with Gasteiger partial charge in [0, 0.05) is 31.4 Å². The van der Waals surface area contributed by atoms with E-state index in [2.05, 4.69) is 28.8 Å². The number of rotatable bonds is 5. The summed E-state index contributed by atoms with van der Waals surface area (Å²) in [5.74, 6) is 0.976. The van der Waals surface area contributed by atoms with Crippen molar-refractivity contribution in [2.24, 2.45) is 0 Å². The van der Waals surface area contributed by atoms with E-state index in [4.69, 9.17) is 0 Å². The predicted octanol–water partition coefficient (Wildman–Crippen LogP) is 2.20. The number of anilines is 1. The standard InChI is InChI=1S/C15H23N3O/c1-4-18-9-5-6-14(18)11-17(3)15-10-13(12(2)19)7-8-16-15/h7-8,10,14H,4-6,9,11H2,1-3H3. The highest BCUT2D eigenvalue weighted by molar-refractivity contribution is 5.94. The van der Waals surface area contributed by atoms with Crippen molar-refractivity contribution in [1.82, 2.24) is 9.88 Å². The summed E-state index contributed by atoms with van der Waals surface area (Å²) < 4.78 is 0. The third kappa shape index (κ3) is 3.32. The van der Waals surface area contributed by atoms with Gasteiger partial charge in [-0.15, -0.1) is 0 Å². The van der Waals surface area contributed by atoms with Crippen molar-refractivity contribution in [3.8, 4) is 0 Å². The highest BCUT2D eigenvalue weighted by Gasteiger charge is 2.24. The molecule has 1 aliphatic heterocycles. The number of pyridine rings is 1. The van der Waals surface area contributed by atoms with Crippen LogP contribution in [0.15, 0.2) is 18.3 Å².